The van der Waals surface area contributed by atoms with Gasteiger partial charge in [-0.15, -0.1) is 0 Å². The van der Waals surface area contributed by atoms with Gasteiger partial charge < -0.3 is 14.8 Å². The molecule has 1 N–H and O–H groups in total. The molecule has 0 bridgehead atoms. The first-order valence-electron chi connectivity index (χ1n) is 12.9. The fourth-order valence-corrected chi connectivity index (χ4v) is 6.22. The third-order valence-corrected chi connectivity index (χ3v) is 8.14. The molecular formula is C33H26INO4. The van der Waals surface area contributed by atoms with Gasteiger partial charge in [-0.1, -0.05) is 72.8 Å². The molecule has 0 aromatic heterocycles. The number of hydrogen-bond acceptors (Lipinski definition) is 5. The van der Waals surface area contributed by atoms with Crippen molar-refractivity contribution in [2.75, 3.05) is 6.61 Å². The number of carbonyl (C=O) groups is 2. The molecule has 194 valence electrons. The molecule has 0 fully saturated rings. The van der Waals surface area contributed by atoms with Crippen molar-refractivity contribution < 1.29 is 19.1 Å². The van der Waals surface area contributed by atoms with Crippen LogP contribution in [0.15, 0.2) is 102 Å². The van der Waals surface area contributed by atoms with Crippen molar-refractivity contribution in [2.24, 2.45) is 0 Å². The molecule has 39 heavy (non-hydrogen) atoms. The van der Waals surface area contributed by atoms with Gasteiger partial charge in [-0.3, -0.25) is 4.79 Å². The van der Waals surface area contributed by atoms with Crippen molar-refractivity contribution in [2.45, 2.75) is 26.4 Å². The second kappa shape index (κ2) is 10.3. The third kappa shape index (κ3) is 4.42. The topological polar surface area (TPSA) is 64.6 Å². The van der Waals surface area contributed by atoms with Crippen molar-refractivity contribution in [1.29, 1.82) is 0 Å². The summed E-state index contributed by atoms with van der Waals surface area (Å²) in [6.07, 6.45) is 0. The fourth-order valence-electron chi connectivity index (χ4n) is 5.53. The summed E-state index contributed by atoms with van der Waals surface area (Å²) in [5.41, 5.74) is 5.93. The molecule has 1 aliphatic heterocycles. The van der Waals surface area contributed by atoms with Gasteiger partial charge in [0.05, 0.1) is 21.4 Å². The van der Waals surface area contributed by atoms with Crippen molar-refractivity contribution in [1.82, 2.24) is 5.32 Å². The molecule has 2 aliphatic rings. The average molecular weight is 627 g/mol. The van der Waals surface area contributed by atoms with Crippen LogP contribution in [0, 0.1) is 3.57 Å². The fraction of sp³-hybridized carbons (Fsp3) is 0.152. The van der Waals surface area contributed by atoms with Gasteiger partial charge in [-0.05, 0) is 70.5 Å². The third-order valence-electron chi connectivity index (χ3n) is 7.30. The lowest BCUT2D eigenvalue weighted by atomic mass is 9.80. The highest BCUT2D eigenvalue weighted by molar-refractivity contribution is 14.1. The first-order chi connectivity index (χ1) is 19.0. The zero-order chi connectivity index (χ0) is 27.1. The molecule has 4 aromatic carbocycles. The summed E-state index contributed by atoms with van der Waals surface area (Å²) in [4.78, 5) is 26.9. The standard InChI is InChI=1S/C33H26INO4/c1-3-38-33(37)28-19(2)35-31-24-13-6-7-14-25(24)32(36)30(31)29(28)21-15-16-27(26(34)17-21)39-18-22-11-8-10-20-9-4-5-12-23(20)22/h4-17,29,35H,3,18H2,1-2H3/t29-/m1/s1. The lowest BCUT2D eigenvalue weighted by Crippen LogP contribution is -2.29. The molecule has 1 atom stereocenters. The summed E-state index contributed by atoms with van der Waals surface area (Å²) in [5, 5.41) is 5.69. The van der Waals surface area contributed by atoms with E-state index in [9.17, 15) is 9.59 Å². The number of allylic oxidation sites excluding steroid dienone is 2. The minimum absolute atomic E-state index is 0.0707. The van der Waals surface area contributed by atoms with Crippen LogP contribution in [0.4, 0.5) is 0 Å². The van der Waals surface area contributed by atoms with E-state index in [2.05, 4.69) is 52.2 Å². The first kappa shape index (κ1) is 25.4. The van der Waals surface area contributed by atoms with E-state index in [-0.39, 0.29) is 12.4 Å². The Morgan fingerprint density at radius 3 is 2.49 bits per heavy atom. The summed E-state index contributed by atoms with van der Waals surface area (Å²) in [6.45, 7) is 4.33. The number of Topliss-reactive ketones (excluding diaryl/α,β-unsaturated/α-hetero) is 1. The average Bonchev–Trinajstić information content (AvgIpc) is 3.23. The number of carbonyl (C=O) groups excluding carboxylic acids is 2. The van der Waals surface area contributed by atoms with Gasteiger partial charge in [0.25, 0.3) is 0 Å². The number of fused-ring (bicyclic) bond motifs is 3. The van der Waals surface area contributed by atoms with E-state index >= 15 is 0 Å². The van der Waals surface area contributed by atoms with Crippen LogP contribution in [0.1, 0.15) is 46.8 Å². The molecule has 0 unspecified atom stereocenters. The van der Waals surface area contributed by atoms with E-state index < -0.39 is 11.9 Å². The van der Waals surface area contributed by atoms with Gasteiger partial charge in [-0.25, -0.2) is 4.79 Å². The summed E-state index contributed by atoms with van der Waals surface area (Å²) in [6, 6.07) is 27.9. The van der Waals surface area contributed by atoms with E-state index in [0.717, 1.165) is 31.7 Å². The Bertz CT molecular complexity index is 1710. The normalized spacial score (nSPS) is 16.2. The molecular weight excluding hydrogens is 601 g/mol. The molecule has 0 saturated heterocycles. The molecule has 1 aliphatic carbocycles. The largest absolute Gasteiger partial charge is 0.488 e. The quantitative estimate of drug-likeness (QED) is 0.182. The lowest BCUT2D eigenvalue weighted by molar-refractivity contribution is -0.138. The molecule has 5 nitrogen and oxygen atoms in total. The predicted octanol–water partition coefficient (Wildman–Crippen LogP) is 7.15. The van der Waals surface area contributed by atoms with Gasteiger partial charge in [0.2, 0.25) is 0 Å². The Hall–Kier alpha value is -3.91. The van der Waals surface area contributed by atoms with Crippen LogP contribution in [0.5, 0.6) is 5.75 Å². The highest BCUT2D eigenvalue weighted by Crippen LogP contribution is 2.47. The Labute approximate surface area is 240 Å². The Morgan fingerprint density at radius 2 is 1.69 bits per heavy atom. The summed E-state index contributed by atoms with van der Waals surface area (Å²) >= 11 is 2.26. The summed E-state index contributed by atoms with van der Waals surface area (Å²) in [7, 11) is 0. The Kier molecular flexibility index (Phi) is 6.73. The second-order valence-electron chi connectivity index (χ2n) is 9.60. The molecule has 1 heterocycles. The minimum atomic E-state index is -0.555. The van der Waals surface area contributed by atoms with Crippen molar-refractivity contribution in [3.8, 4) is 5.75 Å². The number of rotatable bonds is 6. The number of halogens is 1. The SMILES string of the molecule is CCOC(=O)C1=C(C)NC2=C(C(=O)c3ccccc32)[C@@H]1c1ccc(OCc2cccc3ccccc23)c(I)c1. The maximum atomic E-state index is 13.7. The lowest BCUT2D eigenvalue weighted by Gasteiger charge is -2.29. The maximum Gasteiger partial charge on any atom is 0.336 e. The van der Waals surface area contributed by atoms with Crippen LogP contribution in [0.2, 0.25) is 0 Å². The maximum absolute atomic E-state index is 13.7. The number of ketones is 1. The number of dihydropyridines is 1. The monoisotopic (exact) mass is 627 g/mol. The van der Waals surface area contributed by atoms with Gasteiger partial charge in [-0.2, -0.15) is 0 Å². The number of nitrogens with one attached hydrogen (secondary N) is 1. The summed E-state index contributed by atoms with van der Waals surface area (Å²) in [5.74, 6) is -0.302. The highest BCUT2D eigenvalue weighted by atomic mass is 127. The van der Waals surface area contributed by atoms with Gasteiger partial charge >= 0.3 is 5.97 Å². The molecule has 6 heteroatoms. The van der Waals surface area contributed by atoms with Gasteiger partial charge in [0.1, 0.15) is 12.4 Å². The van der Waals surface area contributed by atoms with E-state index in [0.29, 0.717) is 29.0 Å². The van der Waals surface area contributed by atoms with Crippen LogP contribution >= 0.6 is 22.6 Å². The van der Waals surface area contributed by atoms with Crippen molar-refractivity contribution in [3.05, 3.63) is 128 Å². The highest BCUT2D eigenvalue weighted by Gasteiger charge is 2.43. The van der Waals surface area contributed by atoms with E-state index in [1.54, 1.807) is 6.92 Å². The van der Waals surface area contributed by atoms with E-state index in [1.165, 1.54) is 10.8 Å². The van der Waals surface area contributed by atoms with Gasteiger partial charge in [0.15, 0.2) is 5.78 Å². The zero-order valence-electron chi connectivity index (χ0n) is 21.6. The Morgan fingerprint density at radius 1 is 0.949 bits per heavy atom. The summed E-state index contributed by atoms with van der Waals surface area (Å²) < 4.78 is 12.6. The molecule has 4 aromatic rings. The van der Waals surface area contributed by atoms with Crippen LogP contribution in [0.25, 0.3) is 16.5 Å². The van der Waals surface area contributed by atoms with Crippen molar-refractivity contribution >= 4 is 50.8 Å². The molecule has 0 saturated carbocycles. The van der Waals surface area contributed by atoms with E-state index in [1.807, 2.05) is 67.6 Å². The minimum Gasteiger partial charge on any atom is -0.488 e. The van der Waals surface area contributed by atoms with Crippen LogP contribution in [-0.2, 0) is 16.1 Å². The molecule has 0 spiro atoms. The van der Waals surface area contributed by atoms with Gasteiger partial charge in [0, 0.05) is 28.3 Å². The van der Waals surface area contributed by atoms with Crippen LogP contribution in [-0.4, -0.2) is 18.4 Å². The number of benzene rings is 4. The zero-order valence-corrected chi connectivity index (χ0v) is 23.7. The van der Waals surface area contributed by atoms with Crippen molar-refractivity contribution in [3.63, 3.8) is 0 Å². The molecule has 0 radical (unpaired) electrons. The second-order valence-corrected chi connectivity index (χ2v) is 10.8. The number of esters is 1. The molecule has 0 amide bonds. The number of ether oxygens (including phenoxy) is 2. The smallest absolute Gasteiger partial charge is 0.336 e. The first-order valence-corrected chi connectivity index (χ1v) is 14.0. The predicted molar refractivity (Wildman–Crippen MR) is 160 cm³/mol. The van der Waals surface area contributed by atoms with Crippen LogP contribution < -0.4 is 10.1 Å². The van der Waals surface area contributed by atoms with Crippen LogP contribution in [0.3, 0.4) is 0 Å². The number of hydrogen-bond donors (Lipinski definition) is 1. The van der Waals surface area contributed by atoms with E-state index in [4.69, 9.17) is 9.47 Å². The Balaban J connectivity index is 1.37. The molecule has 6 rings (SSSR count).